The third-order valence-corrected chi connectivity index (χ3v) is 4.98. The SMILES string of the molecule is CCCOc1cccnc1C(c1ccc2ccccc2c1)S(=O)(=O)O. The van der Waals surface area contributed by atoms with E-state index in [-0.39, 0.29) is 5.69 Å². The highest BCUT2D eigenvalue weighted by molar-refractivity contribution is 7.86. The Kier molecular flexibility index (Phi) is 5.01. The van der Waals surface area contributed by atoms with E-state index in [0.29, 0.717) is 17.9 Å². The summed E-state index contributed by atoms with van der Waals surface area (Å²) in [5.74, 6) is 0.361. The average Bonchev–Trinajstić information content (AvgIpc) is 2.60. The molecule has 0 aliphatic carbocycles. The molecule has 0 bridgehead atoms. The highest BCUT2D eigenvalue weighted by Gasteiger charge is 2.31. The number of benzene rings is 2. The summed E-state index contributed by atoms with van der Waals surface area (Å²) in [6.45, 7) is 2.40. The molecule has 1 atom stereocenters. The van der Waals surface area contributed by atoms with Crippen LogP contribution in [0.25, 0.3) is 10.8 Å². The molecule has 3 rings (SSSR count). The number of aromatic nitrogens is 1. The lowest BCUT2D eigenvalue weighted by Crippen LogP contribution is -2.16. The first-order chi connectivity index (χ1) is 12.0. The second kappa shape index (κ2) is 7.21. The summed E-state index contributed by atoms with van der Waals surface area (Å²) < 4.78 is 39.8. The van der Waals surface area contributed by atoms with Crippen LogP contribution in [-0.2, 0) is 10.1 Å². The highest BCUT2D eigenvalue weighted by Crippen LogP contribution is 2.35. The molecule has 1 aromatic heterocycles. The molecule has 5 nitrogen and oxygen atoms in total. The van der Waals surface area contributed by atoms with Crippen LogP contribution >= 0.6 is 0 Å². The standard InChI is InChI=1S/C19H19NO4S/c1-2-12-24-17-8-5-11-20-18(17)19(25(21,22)23)16-10-9-14-6-3-4-7-15(14)13-16/h3-11,13,19H,2,12H2,1H3,(H,21,22,23). The van der Waals surface area contributed by atoms with Gasteiger partial charge in [0.1, 0.15) is 11.4 Å². The van der Waals surface area contributed by atoms with E-state index in [4.69, 9.17) is 4.74 Å². The zero-order chi connectivity index (χ0) is 17.9. The normalized spacial score (nSPS) is 12.9. The molecule has 0 aliphatic heterocycles. The maximum absolute atomic E-state index is 12.2. The Bertz CT molecular complexity index is 985. The molecule has 3 aromatic rings. The van der Waals surface area contributed by atoms with Crippen LogP contribution in [0, 0.1) is 0 Å². The molecule has 1 heterocycles. The summed E-state index contributed by atoms with van der Waals surface area (Å²) in [5, 5.41) is 0.578. The largest absolute Gasteiger partial charge is 0.492 e. The molecular weight excluding hydrogens is 338 g/mol. The van der Waals surface area contributed by atoms with Crippen LogP contribution in [0.2, 0.25) is 0 Å². The van der Waals surface area contributed by atoms with E-state index < -0.39 is 15.4 Å². The first-order valence-corrected chi connectivity index (χ1v) is 9.53. The van der Waals surface area contributed by atoms with Crippen molar-refractivity contribution in [1.29, 1.82) is 0 Å². The third kappa shape index (κ3) is 3.81. The van der Waals surface area contributed by atoms with Crippen molar-refractivity contribution in [3.05, 3.63) is 72.1 Å². The lowest BCUT2D eigenvalue weighted by molar-refractivity contribution is 0.312. The Labute approximate surface area is 147 Å². The second-order valence-electron chi connectivity index (χ2n) is 5.74. The van der Waals surface area contributed by atoms with Gasteiger partial charge >= 0.3 is 0 Å². The van der Waals surface area contributed by atoms with Gasteiger partial charge in [0.15, 0.2) is 5.25 Å². The van der Waals surface area contributed by atoms with Gasteiger partial charge in [-0.2, -0.15) is 8.42 Å². The molecule has 0 spiro atoms. The van der Waals surface area contributed by atoms with E-state index in [9.17, 15) is 13.0 Å². The lowest BCUT2D eigenvalue weighted by Gasteiger charge is -2.18. The van der Waals surface area contributed by atoms with E-state index >= 15 is 0 Å². The topological polar surface area (TPSA) is 76.5 Å². The third-order valence-electron chi connectivity index (χ3n) is 3.88. The van der Waals surface area contributed by atoms with E-state index in [1.165, 1.54) is 6.20 Å². The molecule has 6 heteroatoms. The fourth-order valence-electron chi connectivity index (χ4n) is 2.78. The molecule has 0 saturated heterocycles. The smallest absolute Gasteiger partial charge is 0.277 e. The maximum atomic E-state index is 12.2. The van der Waals surface area contributed by atoms with Crippen molar-refractivity contribution in [2.45, 2.75) is 18.6 Å². The Balaban J connectivity index is 2.15. The molecule has 25 heavy (non-hydrogen) atoms. The van der Waals surface area contributed by atoms with Crippen LogP contribution in [-0.4, -0.2) is 24.6 Å². The summed E-state index contributed by atoms with van der Waals surface area (Å²) in [5.41, 5.74) is 0.634. The molecule has 2 aromatic carbocycles. The number of pyridine rings is 1. The van der Waals surface area contributed by atoms with Gasteiger partial charge in [-0.15, -0.1) is 0 Å². The van der Waals surface area contributed by atoms with Gasteiger partial charge in [-0.1, -0.05) is 43.3 Å². The number of hydrogen-bond donors (Lipinski definition) is 1. The van der Waals surface area contributed by atoms with Crippen molar-refractivity contribution in [2.75, 3.05) is 6.61 Å². The van der Waals surface area contributed by atoms with Crippen molar-refractivity contribution in [3.63, 3.8) is 0 Å². The first kappa shape index (κ1) is 17.4. The predicted octanol–water partition coefficient (Wildman–Crippen LogP) is 4.00. The maximum Gasteiger partial charge on any atom is 0.277 e. The minimum absolute atomic E-state index is 0.189. The summed E-state index contributed by atoms with van der Waals surface area (Å²) >= 11 is 0. The number of ether oxygens (including phenoxy) is 1. The van der Waals surface area contributed by atoms with Gasteiger partial charge in [0, 0.05) is 6.20 Å². The van der Waals surface area contributed by atoms with Gasteiger partial charge < -0.3 is 4.74 Å². The summed E-state index contributed by atoms with van der Waals surface area (Å²) in [6.07, 6.45) is 2.27. The van der Waals surface area contributed by atoms with Crippen LogP contribution in [0.15, 0.2) is 60.8 Å². The van der Waals surface area contributed by atoms with E-state index in [1.807, 2.05) is 37.3 Å². The zero-order valence-corrected chi connectivity index (χ0v) is 14.6. The lowest BCUT2D eigenvalue weighted by atomic mass is 10.0. The molecule has 130 valence electrons. The molecule has 0 fully saturated rings. The number of fused-ring (bicyclic) bond motifs is 1. The van der Waals surface area contributed by atoms with E-state index in [2.05, 4.69) is 4.98 Å². The second-order valence-corrected chi connectivity index (χ2v) is 7.24. The summed E-state index contributed by atoms with van der Waals surface area (Å²) in [4.78, 5) is 4.19. The van der Waals surface area contributed by atoms with Crippen molar-refractivity contribution in [3.8, 4) is 5.75 Å². The van der Waals surface area contributed by atoms with Crippen LogP contribution in [0.4, 0.5) is 0 Å². The quantitative estimate of drug-likeness (QED) is 0.675. The average molecular weight is 357 g/mol. The first-order valence-electron chi connectivity index (χ1n) is 8.03. The zero-order valence-electron chi connectivity index (χ0n) is 13.8. The fourth-order valence-corrected chi connectivity index (χ4v) is 3.73. The Morgan fingerprint density at radius 3 is 2.56 bits per heavy atom. The van der Waals surface area contributed by atoms with E-state index in [0.717, 1.165) is 17.2 Å². The van der Waals surface area contributed by atoms with Crippen molar-refractivity contribution in [1.82, 2.24) is 4.98 Å². The number of nitrogens with zero attached hydrogens (tertiary/aromatic N) is 1. The Morgan fingerprint density at radius 2 is 1.84 bits per heavy atom. The van der Waals surface area contributed by atoms with Crippen molar-refractivity contribution >= 4 is 20.9 Å². The molecule has 0 aliphatic rings. The molecule has 0 radical (unpaired) electrons. The highest BCUT2D eigenvalue weighted by atomic mass is 32.2. The predicted molar refractivity (Wildman–Crippen MR) is 97.4 cm³/mol. The summed E-state index contributed by atoms with van der Waals surface area (Å²) in [7, 11) is -4.43. The van der Waals surface area contributed by atoms with Crippen LogP contribution < -0.4 is 4.74 Å². The van der Waals surface area contributed by atoms with Crippen molar-refractivity contribution < 1.29 is 17.7 Å². The van der Waals surface area contributed by atoms with Gasteiger partial charge in [0.2, 0.25) is 0 Å². The van der Waals surface area contributed by atoms with Crippen molar-refractivity contribution in [2.24, 2.45) is 0 Å². The van der Waals surface area contributed by atoms with Crippen LogP contribution in [0.3, 0.4) is 0 Å². The molecule has 1 N–H and O–H groups in total. The molecule has 0 amide bonds. The van der Waals surface area contributed by atoms with E-state index in [1.54, 1.807) is 24.3 Å². The Morgan fingerprint density at radius 1 is 1.08 bits per heavy atom. The summed E-state index contributed by atoms with van der Waals surface area (Å²) in [6, 6.07) is 16.3. The molecular formula is C19H19NO4S. The minimum atomic E-state index is -4.43. The van der Waals surface area contributed by atoms with Gasteiger partial charge in [-0.3, -0.25) is 9.54 Å². The van der Waals surface area contributed by atoms with Gasteiger partial charge in [-0.05, 0) is 41.0 Å². The van der Waals surface area contributed by atoms with Gasteiger partial charge in [0.25, 0.3) is 10.1 Å². The fraction of sp³-hybridized carbons (Fsp3) is 0.211. The van der Waals surface area contributed by atoms with Gasteiger partial charge in [-0.25, -0.2) is 0 Å². The Hall–Kier alpha value is -2.44. The molecule has 1 unspecified atom stereocenters. The van der Waals surface area contributed by atoms with Crippen LogP contribution in [0.5, 0.6) is 5.75 Å². The monoisotopic (exact) mass is 357 g/mol. The molecule has 0 saturated carbocycles. The van der Waals surface area contributed by atoms with Gasteiger partial charge in [0.05, 0.1) is 6.61 Å². The number of hydrogen-bond acceptors (Lipinski definition) is 4. The minimum Gasteiger partial charge on any atom is -0.492 e. The number of rotatable bonds is 6. The van der Waals surface area contributed by atoms with Crippen LogP contribution in [0.1, 0.15) is 29.9 Å².